The van der Waals surface area contributed by atoms with Gasteiger partial charge in [0.25, 0.3) is 0 Å². The van der Waals surface area contributed by atoms with Crippen molar-refractivity contribution in [2.75, 3.05) is 5.01 Å². The lowest BCUT2D eigenvalue weighted by Crippen LogP contribution is -2.28. The third-order valence-corrected chi connectivity index (χ3v) is 7.23. The molecule has 2 aromatic carbocycles. The van der Waals surface area contributed by atoms with Crippen LogP contribution in [0.5, 0.6) is 0 Å². The molecule has 1 aliphatic carbocycles. The van der Waals surface area contributed by atoms with Crippen LogP contribution in [-0.4, -0.2) is 21.8 Å². The second kappa shape index (κ2) is 8.51. The van der Waals surface area contributed by atoms with Crippen molar-refractivity contribution in [3.05, 3.63) is 87.4 Å². The molecule has 3 aromatic rings. The summed E-state index contributed by atoms with van der Waals surface area (Å²) < 4.78 is 27.0. The molecule has 0 amide bonds. The standard InChI is InChI=1S/C25H21F2N3O2S/c1-14-23(24(31)32)33-25(28-14)30-22(16-7-11-19(27)12-8-16)20-4-2-3-17(21(20)29-30)13-15-5-9-18(26)10-6-15/h5-13,20,22H,2-4H2,1H3,(H,31,32)/b17-13+/t20-,22+/m1/s1. The van der Waals surface area contributed by atoms with E-state index < -0.39 is 5.97 Å². The summed E-state index contributed by atoms with van der Waals surface area (Å²) in [5.74, 6) is -1.57. The van der Waals surface area contributed by atoms with Crippen LogP contribution in [0.1, 0.15) is 51.8 Å². The van der Waals surface area contributed by atoms with Crippen molar-refractivity contribution in [3.63, 3.8) is 0 Å². The number of carboxylic acid groups (broad SMARTS) is 1. The lowest BCUT2D eigenvalue weighted by Gasteiger charge is -2.29. The van der Waals surface area contributed by atoms with Crippen molar-refractivity contribution in [2.45, 2.75) is 32.2 Å². The minimum absolute atomic E-state index is 0.0494. The van der Waals surface area contributed by atoms with Gasteiger partial charge in [0.05, 0.1) is 17.4 Å². The van der Waals surface area contributed by atoms with Crippen LogP contribution in [0.25, 0.3) is 6.08 Å². The lowest BCUT2D eigenvalue weighted by molar-refractivity contribution is 0.0701. The Morgan fingerprint density at radius 3 is 2.42 bits per heavy atom. The predicted octanol–water partition coefficient (Wildman–Crippen LogP) is 6.23. The summed E-state index contributed by atoms with van der Waals surface area (Å²) in [7, 11) is 0. The zero-order valence-electron chi connectivity index (χ0n) is 17.8. The summed E-state index contributed by atoms with van der Waals surface area (Å²) in [5, 5.41) is 16.7. The molecule has 1 fully saturated rings. The van der Waals surface area contributed by atoms with E-state index in [0.717, 1.165) is 53.0 Å². The average molecular weight is 466 g/mol. The largest absolute Gasteiger partial charge is 0.477 e. The van der Waals surface area contributed by atoms with Gasteiger partial charge in [-0.15, -0.1) is 0 Å². The first-order valence-electron chi connectivity index (χ1n) is 10.7. The fraction of sp³-hybridized carbons (Fsp3) is 0.240. The first-order valence-corrected chi connectivity index (χ1v) is 11.5. The fourth-order valence-corrected chi connectivity index (χ4v) is 5.48. The number of hydrogen-bond acceptors (Lipinski definition) is 5. The van der Waals surface area contributed by atoms with Gasteiger partial charge in [0, 0.05) is 5.92 Å². The van der Waals surface area contributed by atoms with Crippen LogP contribution in [0, 0.1) is 24.5 Å². The molecule has 1 N–H and O–H groups in total. The van der Waals surface area contributed by atoms with Crippen LogP contribution >= 0.6 is 11.3 Å². The Kier molecular flexibility index (Phi) is 5.54. The van der Waals surface area contributed by atoms with Gasteiger partial charge in [0.1, 0.15) is 16.5 Å². The van der Waals surface area contributed by atoms with Gasteiger partial charge < -0.3 is 5.11 Å². The number of nitrogens with zero attached hydrogens (tertiary/aromatic N) is 3. The van der Waals surface area contributed by atoms with E-state index in [1.807, 2.05) is 6.08 Å². The van der Waals surface area contributed by atoms with Crippen molar-refractivity contribution in [3.8, 4) is 0 Å². The van der Waals surface area contributed by atoms with Crippen molar-refractivity contribution < 1.29 is 18.7 Å². The van der Waals surface area contributed by atoms with Gasteiger partial charge in [0.2, 0.25) is 5.13 Å². The molecule has 33 heavy (non-hydrogen) atoms. The highest BCUT2D eigenvalue weighted by Gasteiger charge is 2.43. The van der Waals surface area contributed by atoms with Gasteiger partial charge in [0.15, 0.2) is 0 Å². The Labute approximate surface area is 193 Å². The van der Waals surface area contributed by atoms with E-state index in [4.69, 9.17) is 5.10 Å². The molecule has 1 aliphatic heterocycles. The Balaban J connectivity index is 1.60. The van der Waals surface area contributed by atoms with Crippen LogP contribution in [0.3, 0.4) is 0 Å². The Bertz CT molecular complexity index is 1270. The van der Waals surface area contributed by atoms with Crippen molar-refractivity contribution >= 4 is 34.2 Å². The van der Waals surface area contributed by atoms with Crippen LogP contribution in [0.4, 0.5) is 13.9 Å². The molecule has 5 rings (SSSR count). The van der Waals surface area contributed by atoms with E-state index in [-0.39, 0.29) is 28.5 Å². The topological polar surface area (TPSA) is 65.8 Å². The SMILES string of the molecule is Cc1nc(N2N=C3/C(=C/c4ccc(F)cc4)CCC[C@H]3[C@@H]2c2ccc(F)cc2)sc1C(=O)O. The summed E-state index contributed by atoms with van der Waals surface area (Å²) in [6, 6.07) is 12.5. The number of carboxylic acids is 1. The number of fused-ring (bicyclic) bond motifs is 1. The predicted molar refractivity (Wildman–Crippen MR) is 125 cm³/mol. The second-order valence-corrected chi connectivity index (χ2v) is 9.24. The average Bonchev–Trinajstić information content (AvgIpc) is 3.37. The minimum atomic E-state index is -1.02. The number of hydrogen-bond donors (Lipinski definition) is 1. The molecular formula is C25H21F2N3O2S. The number of halogens is 2. The van der Waals surface area contributed by atoms with Crippen LogP contribution < -0.4 is 5.01 Å². The normalized spacial score (nSPS) is 21.2. The maximum Gasteiger partial charge on any atom is 0.347 e. The molecule has 0 bridgehead atoms. The molecular weight excluding hydrogens is 444 g/mol. The van der Waals surface area contributed by atoms with Gasteiger partial charge in [-0.25, -0.2) is 23.6 Å². The number of aromatic carboxylic acids is 1. The first-order chi connectivity index (χ1) is 15.9. The van der Waals surface area contributed by atoms with Crippen molar-refractivity contribution in [1.82, 2.24) is 4.98 Å². The molecule has 8 heteroatoms. The molecule has 1 saturated carbocycles. The third-order valence-electron chi connectivity index (χ3n) is 6.10. The molecule has 168 valence electrons. The third kappa shape index (κ3) is 4.06. The van der Waals surface area contributed by atoms with Gasteiger partial charge in [-0.2, -0.15) is 5.10 Å². The number of allylic oxidation sites excluding steroid dienone is 1. The number of carbonyl (C=O) groups is 1. The molecule has 0 radical (unpaired) electrons. The molecule has 2 aliphatic rings. The highest BCUT2D eigenvalue weighted by molar-refractivity contribution is 7.17. The number of anilines is 1. The highest BCUT2D eigenvalue weighted by Crippen LogP contribution is 2.47. The number of hydrazone groups is 1. The smallest absolute Gasteiger partial charge is 0.347 e. The second-order valence-electron chi connectivity index (χ2n) is 8.26. The van der Waals surface area contributed by atoms with Crippen molar-refractivity contribution in [2.24, 2.45) is 11.0 Å². The minimum Gasteiger partial charge on any atom is -0.477 e. The Morgan fingerprint density at radius 1 is 1.12 bits per heavy atom. The maximum atomic E-state index is 13.7. The van der Waals surface area contributed by atoms with Crippen LogP contribution in [0.15, 0.2) is 59.2 Å². The molecule has 0 spiro atoms. The maximum absolute atomic E-state index is 13.7. The first kappa shape index (κ1) is 21.5. The number of thiazole rings is 1. The Morgan fingerprint density at radius 2 is 1.79 bits per heavy atom. The lowest BCUT2D eigenvalue weighted by atomic mass is 9.77. The van der Waals surface area contributed by atoms with E-state index in [1.54, 1.807) is 36.2 Å². The summed E-state index contributed by atoms with van der Waals surface area (Å²) in [5.41, 5.74) is 4.22. The fourth-order valence-electron chi connectivity index (χ4n) is 4.59. The summed E-state index contributed by atoms with van der Waals surface area (Å²) >= 11 is 1.09. The van der Waals surface area contributed by atoms with E-state index in [2.05, 4.69) is 4.98 Å². The molecule has 0 saturated heterocycles. The molecule has 0 unspecified atom stereocenters. The highest BCUT2D eigenvalue weighted by atomic mass is 32.1. The number of aryl methyl sites for hydroxylation is 1. The van der Waals surface area contributed by atoms with Gasteiger partial charge in [-0.05, 0) is 73.2 Å². The summed E-state index contributed by atoms with van der Waals surface area (Å²) in [6.07, 6.45) is 4.73. The zero-order valence-corrected chi connectivity index (χ0v) is 18.6. The van der Waals surface area contributed by atoms with Gasteiger partial charge in [-0.3, -0.25) is 0 Å². The summed E-state index contributed by atoms with van der Waals surface area (Å²) in [4.78, 5) is 16.3. The van der Waals surface area contributed by atoms with Crippen LogP contribution in [0.2, 0.25) is 0 Å². The van der Waals surface area contributed by atoms with E-state index in [9.17, 15) is 18.7 Å². The van der Waals surface area contributed by atoms with Crippen LogP contribution in [-0.2, 0) is 0 Å². The van der Waals surface area contributed by atoms with E-state index in [1.165, 1.54) is 24.3 Å². The molecule has 5 nitrogen and oxygen atoms in total. The Hall–Kier alpha value is -3.39. The van der Waals surface area contributed by atoms with Crippen molar-refractivity contribution in [1.29, 1.82) is 0 Å². The quantitative estimate of drug-likeness (QED) is 0.496. The van der Waals surface area contributed by atoms with Gasteiger partial charge in [-0.1, -0.05) is 35.6 Å². The van der Waals surface area contributed by atoms with Gasteiger partial charge >= 0.3 is 5.97 Å². The molecule has 2 atom stereocenters. The zero-order chi connectivity index (χ0) is 23.1. The monoisotopic (exact) mass is 465 g/mol. The molecule has 1 aromatic heterocycles. The number of aromatic nitrogens is 1. The van der Waals surface area contributed by atoms with E-state index >= 15 is 0 Å². The number of benzene rings is 2. The number of rotatable bonds is 4. The summed E-state index contributed by atoms with van der Waals surface area (Å²) in [6.45, 7) is 1.67. The molecule has 2 heterocycles. The van der Waals surface area contributed by atoms with E-state index in [0.29, 0.717) is 10.8 Å².